The fraction of sp³-hybridized carbons (Fsp3) is 0.258. The second kappa shape index (κ2) is 13.8. The van der Waals surface area contributed by atoms with Crippen molar-refractivity contribution >= 4 is 39.3 Å². The Morgan fingerprint density at radius 1 is 0.884 bits per heavy atom. The van der Waals surface area contributed by atoms with Gasteiger partial charge in [-0.2, -0.15) is 0 Å². The third-order valence-electron chi connectivity index (χ3n) is 6.14. The molecule has 43 heavy (non-hydrogen) atoms. The molecule has 4 rings (SSSR count). The van der Waals surface area contributed by atoms with Crippen molar-refractivity contribution in [1.29, 1.82) is 0 Å². The average Bonchev–Trinajstić information content (AvgIpc) is 3.43. The van der Waals surface area contributed by atoms with Crippen molar-refractivity contribution in [2.75, 3.05) is 4.72 Å². The standard InChI is InChI=1S/C31H34N4O6S2/c1-31(2,3)41-30(37)34-26(19-21-10-6-4-7-11-21)28(36)32-25(18-22-14-16-24(17-15-22)35-43(38,39)40)27-20-42-29(33-27)23-12-8-5-9-13-23/h4-17,20,25-26,35H,18-19H2,1-3H3,(H,32,36)(H,34,37)(H,38,39,40)/p-1/t25-,26-/m0/s1. The Balaban J connectivity index is 1.61. The number of nitrogens with zero attached hydrogens (tertiary/aromatic N) is 1. The minimum atomic E-state index is -4.66. The van der Waals surface area contributed by atoms with E-state index in [4.69, 9.17) is 9.72 Å². The lowest BCUT2D eigenvalue weighted by Crippen LogP contribution is -2.50. The van der Waals surface area contributed by atoms with Crippen LogP contribution in [-0.2, 0) is 32.7 Å². The van der Waals surface area contributed by atoms with Crippen molar-refractivity contribution in [3.8, 4) is 10.6 Å². The highest BCUT2D eigenvalue weighted by atomic mass is 32.2. The summed E-state index contributed by atoms with van der Waals surface area (Å²) in [7, 11) is -4.66. The van der Waals surface area contributed by atoms with E-state index in [-0.39, 0.29) is 12.1 Å². The average molecular weight is 622 g/mol. The summed E-state index contributed by atoms with van der Waals surface area (Å²) in [6.07, 6.45) is -0.176. The molecule has 0 spiro atoms. The zero-order valence-corrected chi connectivity index (χ0v) is 25.6. The molecule has 0 radical (unpaired) electrons. The zero-order chi connectivity index (χ0) is 31.0. The Hall–Kier alpha value is -4.26. The predicted molar refractivity (Wildman–Crippen MR) is 165 cm³/mol. The molecule has 0 unspecified atom stereocenters. The van der Waals surface area contributed by atoms with Gasteiger partial charge in [-0.15, -0.1) is 11.3 Å². The molecule has 2 atom stereocenters. The Morgan fingerprint density at radius 2 is 1.49 bits per heavy atom. The molecule has 0 aliphatic rings. The van der Waals surface area contributed by atoms with Crippen LogP contribution in [-0.4, -0.2) is 41.6 Å². The van der Waals surface area contributed by atoms with Gasteiger partial charge < -0.3 is 19.9 Å². The highest BCUT2D eigenvalue weighted by Gasteiger charge is 2.28. The molecule has 0 aliphatic carbocycles. The highest BCUT2D eigenvalue weighted by molar-refractivity contribution is 7.87. The van der Waals surface area contributed by atoms with Gasteiger partial charge in [-0.05, 0) is 50.5 Å². The number of hydrogen-bond acceptors (Lipinski definition) is 8. The van der Waals surface area contributed by atoms with Crippen LogP contribution in [0.15, 0.2) is 90.3 Å². The zero-order valence-electron chi connectivity index (χ0n) is 23.9. The van der Waals surface area contributed by atoms with Crippen LogP contribution >= 0.6 is 11.3 Å². The number of nitrogens with one attached hydrogen (secondary N) is 3. The molecular weight excluding hydrogens is 588 g/mol. The number of aromatic nitrogens is 1. The van der Waals surface area contributed by atoms with E-state index < -0.39 is 40.0 Å². The summed E-state index contributed by atoms with van der Waals surface area (Å²) in [5, 5.41) is 8.43. The smallest absolute Gasteiger partial charge is 0.408 e. The molecule has 1 aromatic heterocycles. The first-order valence-corrected chi connectivity index (χ1v) is 15.8. The van der Waals surface area contributed by atoms with Crippen molar-refractivity contribution in [3.63, 3.8) is 0 Å². The lowest BCUT2D eigenvalue weighted by Gasteiger charge is -2.25. The minimum absolute atomic E-state index is 0.129. The molecule has 4 aromatic rings. The second-order valence-corrected chi connectivity index (χ2v) is 12.8. The predicted octanol–water partition coefficient (Wildman–Crippen LogP) is 5.22. The van der Waals surface area contributed by atoms with Crippen molar-refractivity contribution in [3.05, 3.63) is 107 Å². The van der Waals surface area contributed by atoms with Gasteiger partial charge in [-0.3, -0.25) is 9.52 Å². The first kappa shape index (κ1) is 31.7. The highest BCUT2D eigenvalue weighted by Crippen LogP contribution is 2.28. The number of carbonyl (C=O) groups excluding carboxylic acids is 2. The SMILES string of the molecule is CC(C)(C)OC(=O)N[C@@H](Cc1ccccc1)C(=O)N[C@@H](Cc1ccc(NS(=O)(=O)[O-])cc1)c1csc(-c2ccccc2)n1. The van der Waals surface area contributed by atoms with Crippen LogP contribution in [0.5, 0.6) is 0 Å². The number of hydrogen-bond donors (Lipinski definition) is 3. The molecular formula is C31H33N4O6S2-. The summed E-state index contributed by atoms with van der Waals surface area (Å²) in [6.45, 7) is 5.23. The summed E-state index contributed by atoms with van der Waals surface area (Å²) in [6, 6.07) is 23.7. The van der Waals surface area contributed by atoms with Gasteiger partial charge in [-0.1, -0.05) is 72.8 Å². The van der Waals surface area contributed by atoms with Crippen LogP contribution in [0.4, 0.5) is 10.5 Å². The number of benzene rings is 3. The maximum Gasteiger partial charge on any atom is 0.408 e. The number of carbonyl (C=O) groups is 2. The second-order valence-electron chi connectivity index (χ2n) is 10.9. The van der Waals surface area contributed by atoms with Crippen LogP contribution in [0.2, 0.25) is 0 Å². The topological polar surface area (TPSA) is 150 Å². The summed E-state index contributed by atoms with van der Waals surface area (Å²) in [4.78, 5) is 31.3. The molecule has 2 amide bonds. The van der Waals surface area contributed by atoms with Crippen molar-refractivity contribution in [1.82, 2.24) is 15.6 Å². The lowest BCUT2D eigenvalue weighted by molar-refractivity contribution is -0.124. The summed E-state index contributed by atoms with van der Waals surface area (Å²) < 4.78 is 40.6. The van der Waals surface area contributed by atoms with Crippen molar-refractivity contribution in [2.24, 2.45) is 0 Å². The quantitative estimate of drug-likeness (QED) is 0.194. The van der Waals surface area contributed by atoms with Gasteiger partial charge in [0.2, 0.25) is 5.91 Å². The van der Waals surface area contributed by atoms with E-state index in [1.807, 2.05) is 70.8 Å². The molecule has 1 heterocycles. The number of anilines is 1. The molecule has 0 saturated heterocycles. The number of thiazole rings is 1. The van der Waals surface area contributed by atoms with Gasteiger partial charge >= 0.3 is 6.09 Å². The Kier molecular flexibility index (Phi) is 10.2. The van der Waals surface area contributed by atoms with E-state index >= 15 is 0 Å². The number of alkyl carbamates (subject to hydrolysis) is 1. The van der Waals surface area contributed by atoms with E-state index in [9.17, 15) is 22.6 Å². The van der Waals surface area contributed by atoms with E-state index in [0.717, 1.165) is 21.7 Å². The molecule has 226 valence electrons. The fourth-order valence-corrected chi connectivity index (χ4v) is 5.56. The molecule has 0 aliphatic heterocycles. The third-order valence-corrected chi connectivity index (χ3v) is 7.54. The maximum absolute atomic E-state index is 13.8. The van der Waals surface area contributed by atoms with E-state index in [0.29, 0.717) is 12.1 Å². The summed E-state index contributed by atoms with van der Waals surface area (Å²) >= 11 is 1.44. The third kappa shape index (κ3) is 10.2. The van der Waals surface area contributed by atoms with Crippen molar-refractivity contribution in [2.45, 2.75) is 51.3 Å². The van der Waals surface area contributed by atoms with E-state index in [2.05, 4.69) is 10.6 Å². The molecule has 0 bridgehead atoms. The van der Waals surface area contributed by atoms with Gasteiger partial charge in [-0.25, -0.2) is 18.2 Å². The summed E-state index contributed by atoms with van der Waals surface area (Å²) in [5.41, 5.74) is 2.55. The Morgan fingerprint density at radius 3 is 2.09 bits per heavy atom. The first-order valence-electron chi connectivity index (χ1n) is 13.5. The monoisotopic (exact) mass is 621 g/mol. The fourth-order valence-electron chi connectivity index (χ4n) is 4.26. The largest absolute Gasteiger partial charge is 0.731 e. The van der Waals surface area contributed by atoms with E-state index in [1.54, 1.807) is 32.9 Å². The van der Waals surface area contributed by atoms with Gasteiger partial charge in [0.05, 0.1) is 11.7 Å². The number of rotatable bonds is 11. The Labute approximate surface area is 255 Å². The van der Waals surface area contributed by atoms with Crippen LogP contribution in [0.3, 0.4) is 0 Å². The van der Waals surface area contributed by atoms with Crippen molar-refractivity contribution < 1.29 is 27.3 Å². The number of amides is 2. The normalized spacial score (nSPS) is 13.0. The van der Waals surface area contributed by atoms with Crippen LogP contribution in [0.1, 0.15) is 43.6 Å². The summed E-state index contributed by atoms with van der Waals surface area (Å²) in [5.74, 6) is -0.426. The molecule has 0 fully saturated rings. The molecule has 10 nitrogen and oxygen atoms in total. The molecule has 0 saturated carbocycles. The molecule has 3 aromatic carbocycles. The van der Waals surface area contributed by atoms with Gasteiger partial charge in [0.15, 0.2) is 10.3 Å². The van der Waals surface area contributed by atoms with Gasteiger partial charge in [0.25, 0.3) is 0 Å². The van der Waals surface area contributed by atoms with Gasteiger partial charge in [0, 0.05) is 23.1 Å². The number of ether oxygens (including phenoxy) is 1. The lowest BCUT2D eigenvalue weighted by atomic mass is 10.0. The Bertz CT molecular complexity index is 1620. The maximum atomic E-state index is 13.8. The van der Waals surface area contributed by atoms with Crippen LogP contribution < -0.4 is 15.4 Å². The van der Waals surface area contributed by atoms with Crippen LogP contribution in [0, 0.1) is 0 Å². The molecule has 12 heteroatoms. The van der Waals surface area contributed by atoms with E-state index in [1.165, 1.54) is 23.5 Å². The molecule has 3 N–H and O–H groups in total. The van der Waals surface area contributed by atoms with Gasteiger partial charge in [0.1, 0.15) is 16.7 Å². The first-order chi connectivity index (χ1) is 20.3. The minimum Gasteiger partial charge on any atom is -0.731 e. The van der Waals surface area contributed by atoms with Crippen LogP contribution in [0.25, 0.3) is 10.6 Å².